The van der Waals surface area contributed by atoms with Crippen molar-refractivity contribution in [1.82, 2.24) is 4.90 Å². The van der Waals surface area contributed by atoms with Gasteiger partial charge in [0, 0.05) is 23.1 Å². The molecule has 0 unspecified atom stereocenters. The van der Waals surface area contributed by atoms with Crippen molar-refractivity contribution in [3.05, 3.63) is 33.8 Å². The van der Waals surface area contributed by atoms with Crippen molar-refractivity contribution in [2.24, 2.45) is 5.92 Å². The molecule has 2 rings (SSSR count). The maximum Gasteiger partial charge on any atom is 0.407 e. The molecule has 0 aromatic heterocycles. The van der Waals surface area contributed by atoms with E-state index in [0.717, 1.165) is 24.8 Å². The molecule has 1 amide bonds. The molecule has 0 atom stereocenters. The highest BCUT2D eigenvalue weighted by Crippen LogP contribution is 2.25. The molecule has 1 heterocycles. The van der Waals surface area contributed by atoms with E-state index < -0.39 is 6.09 Å². The zero-order valence-corrected chi connectivity index (χ0v) is 11.4. The Morgan fingerprint density at radius 2 is 1.78 bits per heavy atom. The lowest BCUT2D eigenvalue weighted by Gasteiger charge is -2.30. The van der Waals surface area contributed by atoms with Crippen molar-refractivity contribution in [1.29, 1.82) is 0 Å². The smallest absolute Gasteiger partial charge is 0.407 e. The van der Waals surface area contributed by atoms with E-state index in [2.05, 4.69) is 0 Å². The summed E-state index contributed by atoms with van der Waals surface area (Å²) >= 11 is 11.9. The first-order valence-corrected chi connectivity index (χ1v) is 6.73. The summed E-state index contributed by atoms with van der Waals surface area (Å²) in [5.74, 6) is 0.509. The van der Waals surface area contributed by atoms with Crippen molar-refractivity contribution in [3.8, 4) is 0 Å². The van der Waals surface area contributed by atoms with Crippen LogP contribution in [-0.2, 0) is 6.42 Å². The highest BCUT2D eigenvalue weighted by molar-refractivity contribution is 6.34. The number of amides is 1. The molecule has 1 N–H and O–H groups in total. The van der Waals surface area contributed by atoms with Crippen molar-refractivity contribution in [2.45, 2.75) is 19.3 Å². The van der Waals surface area contributed by atoms with Gasteiger partial charge in [0.05, 0.1) is 0 Å². The van der Waals surface area contributed by atoms with Crippen LogP contribution in [0.2, 0.25) is 10.0 Å². The summed E-state index contributed by atoms with van der Waals surface area (Å²) in [4.78, 5) is 12.3. The van der Waals surface area contributed by atoms with Crippen LogP contribution in [0.25, 0.3) is 0 Å². The lowest BCUT2D eigenvalue weighted by Crippen LogP contribution is -2.37. The van der Waals surface area contributed by atoms with E-state index in [1.54, 1.807) is 6.07 Å². The molecule has 5 heteroatoms. The molecular weight excluding hydrogens is 273 g/mol. The van der Waals surface area contributed by atoms with Crippen LogP contribution >= 0.6 is 23.2 Å². The second-order valence-corrected chi connectivity index (χ2v) is 5.57. The zero-order chi connectivity index (χ0) is 13.1. The molecule has 0 saturated carbocycles. The Labute approximate surface area is 116 Å². The topological polar surface area (TPSA) is 40.5 Å². The van der Waals surface area contributed by atoms with Gasteiger partial charge in [-0.2, -0.15) is 0 Å². The minimum Gasteiger partial charge on any atom is -0.465 e. The number of likely N-dealkylation sites (tertiary alicyclic amines) is 1. The Hall–Kier alpha value is -0.930. The lowest BCUT2D eigenvalue weighted by atomic mass is 9.90. The fraction of sp³-hybridized carbons (Fsp3) is 0.462. The Balaban J connectivity index is 1.93. The highest BCUT2D eigenvalue weighted by atomic mass is 35.5. The van der Waals surface area contributed by atoms with E-state index in [1.165, 1.54) is 4.90 Å². The van der Waals surface area contributed by atoms with Crippen molar-refractivity contribution in [3.63, 3.8) is 0 Å². The third-order valence-corrected chi connectivity index (χ3v) is 3.77. The van der Waals surface area contributed by atoms with Gasteiger partial charge in [0.15, 0.2) is 0 Å². The summed E-state index contributed by atoms with van der Waals surface area (Å²) in [5, 5.41) is 10.2. The third kappa shape index (κ3) is 3.53. The Bertz CT molecular complexity index is 422. The number of piperidine rings is 1. The quantitative estimate of drug-likeness (QED) is 0.895. The molecule has 0 spiro atoms. The fourth-order valence-electron chi connectivity index (χ4n) is 2.39. The maximum absolute atomic E-state index is 10.8. The standard InChI is InChI=1S/C13H15Cl2NO2/c14-11-6-10(7-12(15)8-11)5-9-1-3-16(4-2-9)13(17)18/h6-9H,1-5H2,(H,17,18). The van der Waals surface area contributed by atoms with Crippen molar-refractivity contribution in [2.75, 3.05) is 13.1 Å². The molecule has 1 aliphatic heterocycles. The normalized spacial score (nSPS) is 16.9. The van der Waals surface area contributed by atoms with Crippen molar-refractivity contribution < 1.29 is 9.90 Å². The predicted octanol–water partition coefficient (Wildman–Crippen LogP) is 3.93. The first-order valence-electron chi connectivity index (χ1n) is 5.97. The summed E-state index contributed by atoms with van der Waals surface area (Å²) in [7, 11) is 0. The van der Waals surface area contributed by atoms with Gasteiger partial charge in [0.25, 0.3) is 0 Å². The molecule has 0 bridgehead atoms. The molecule has 18 heavy (non-hydrogen) atoms. The molecule has 1 fully saturated rings. The summed E-state index contributed by atoms with van der Waals surface area (Å²) < 4.78 is 0. The number of nitrogens with zero attached hydrogens (tertiary/aromatic N) is 1. The maximum atomic E-state index is 10.8. The van der Waals surface area contributed by atoms with E-state index in [0.29, 0.717) is 29.1 Å². The minimum absolute atomic E-state index is 0.509. The van der Waals surface area contributed by atoms with Gasteiger partial charge in [0.2, 0.25) is 0 Å². The van der Waals surface area contributed by atoms with Gasteiger partial charge in [-0.3, -0.25) is 0 Å². The number of carboxylic acid groups (broad SMARTS) is 1. The van der Waals surface area contributed by atoms with E-state index in [-0.39, 0.29) is 0 Å². The average molecular weight is 288 g/mol. The van der Waals surface area contributed by atoms with Gasteiger partial charge in [-0.15, -0.1) is 0 Å². The van der Waals surface area contributed by atoms with Crippen LogP contribution < -0.4 is 0 Å². The SMILES string of the molecule is O=C(O)N1CCC(Cc2cc(Cl)cc(Cl)c2)CC1. The molecule has 1 aliphatic rings. The third-order valence-electron chi connectivity index (χ3n) is 3.33. The van der Waals surface area contributed by atoms with E-state index in [9.17, 15) is 4.79 Å². The van der Waals surface area contributed by atoms with Crippen LogP contribution in [0.1, 0.15) is 18.4 Å². The molecule has 0 radical (unpaired) electrons. The highest BCUT2D eigenvalue weighted by Gasteiger charge is 2.22. The van der Waals surface area contributed by atoms with Gasteiger partial charge in [-0.25, -0.2) is 4.79 Å². The van der Waals surface area contributed by atoms with Crippen LogP contribution in [0.3, 0.4) is 0 Å². The first kappa shape index (κ1) is 13.5. The zero-order valence-electron chi connectivity index (χ0n) is 9.90. The monoisotopic (exact) mass is 287 g/mol. The van der Waals surface area contributed by atoms with Gasteiger partial charge in [0.1, 0.15) is 0 Å². The van der Waals surface area contributed by atoms with E-state index in [4.69, 9.17) is 28.3 Å². The first-order chi connectivity index (χ1) is 8.54. The van der Waals surface area contributed by atoms with Gasteiger partial charge < -0.3 is 10.0 Å². The number of hydrogen-bond acceptors (Lipinski definition) is 1. The second kappa shape index (κ2) is 5.81. The molecule has 0 aliphatic carbocycles. The van der Waals surface area contributed by atoms with Crippen molar-refractivity contribution >= 4 is 29.3 Å². The number of hydrogen-bond donors (Lipinski definition) is 1. The molecular formula is C13H15Cl2NO2. The summed E-state index contributed by atoms with van der Waals surface area (Å²) in [5.41, 5.74) is 1.13. The lowest BCUT2D eigenvalue weighted by molar-refractivity contribution is 0.124. The summed E-state index contributed by atoms with van der Waals surface area (Å²) in [6.45, 7) is 1.24. The van der Waals surface area contributed by atoms with Gasteiger partial charge >= 0.3 is 6.09 Å². The van der Waals surface area contributed by atoms with Gasteiger partial charge in [-0.05, 0) is 48.9 Å². The predicted molar refractivity (Wildman–Crippen MR) is 72.5 cm³/mol. The number of benzene rings is 1. The molecule has 1 saturated heterocycles. The number of halogens is 2. The Morgan fingerprint density at radius 3 is 2.28 bits per heavy atom. The number of carbonyl (C=O) groups is 1. The van der Waals surface area contributed by atoms with Crippen LogP contribution in [0.15, 0.2) is 18.2 Å². The van der Waals surface area contributed by atoms with Crippen LogP contribution in [0.5, 0.6) is 0 Å². The van der Waals surface area contributed by atoms with Crippen LogP contribution in [0, 0.1) is 5.92 Å². The van der Waals surface area contributed by atoms with E-state index in [1.807, 2.05) is 12.1 Å². The minimum atomic E-state index is -0.820. The fourth-order valence-corrected chi connectivity index (χ4v) is 2.96. The Morgan fingerprint density at radius 1 is 1.22 bits per heavy atom. The number of rotatable bonds is 2. The van der Waals surface area contributed by atoms with E-state index >= 15 is 0 Å². The molecule has 98 valence electrons. The second-order valence-electron chi connectivity index (χ2n) is 4.69. The molecule has 1 aromatic carbocycles. The summed E-state index contributed by atoms with van der Waals surface area (Å²) in [6.07, 6.45) is 1.89. The summed E-state index contributed by atoms with van der Waals surface area (Å²) in [6, 6.07) is 5.58. The van der Waals surface area contributed by atoms with Crippen LogP contribution in [-0.4, -0.2) is 29.2 Å². The largest absolute Gasteiger partial charge is 0.465 e. The average Bonchev–Trinajstić information content (AvgIpc) is 2.28. The van der Waals surface area contributed by atoms with Crippen LogP contribution in [0.4, 0.5) is 4.79 Å². The van der Waals surface area contributed by atoms with Gasteiger partial charge in [-0.1, -0.05) is 23.2 Å². The molecule has 1 aromatic rings. The Kier molecular flexibility index (Phi) is 4.36. The molecule has 3 nitrogen and oxygen atoms in total.